The molecule has 9 heteroatoms. The molecule has 0 saturated carbocycles. The fraction of sp³-hybridized carbons (Fsp3) is 0.320. The van der Waals surface area contributed by atoms with Gasteiger partial charge in [-0.05, 0) is 31.0 Å². The summed E-state index contributed by atoms with van der Waals surface area (Å²) in [7, 11) is 1.64. The van der Waals surface area contributed by atoms with Crippen LogP contribution < -0.4 is 10.9 Å². The third-order valence-electron chi connectivity index (χ3n) is 6.59. The fourth-order valence-corrected chi connectivity index (χ4v) is 4.75. The van der Waals surface area contributed by atoms with Crippen LogP contribution >= 0.6 is 0 Å². The predicted octanol–water partition coefficient (Wildman–Crippen LogP) is 3.03. The number of nitrogens with zero attached hydrogens (tertiary/aromatic N) is 5. The average Bonchev–Trinajstić information content (AvgIpc) is 3.37. The van der Waals surface area contributed by atoms with E-state index in [1.54, 1.807) is 11.4 Å². The van der Waals surface area contributed by atoms with Crippen LogP contribution in [0.15, 0.2) is 53.3 Å². The van der Waals surface area contributed by atoms with Crippen molar-refractivity contribution in [1.82, 2.24) is 29.4 Å². The number of benzene rings is 2. The molecule has 174 valence electrons. The van der Waals surface area contributed by atoms with Crippen molar-refractivity contribution < 1.29 is 9.59 Å². The maximum absolute atomic E-state index is 13.8. The van der Waals surface area contributed by atoms with Crippen molar-refractivity contribution in [3.8, 4) is 0 Å². The molecule has 0 radical (unpaired) electrons. The standard InChI is InChI=1S/C25H26N6O3/c1-4-5-13-25(17-9-7-6-8-10-17)22(33)30(24(34)26-25)15-20-27-28-23-29(3)21(32)18-14-16(2)11-12-19(18)31(20)23/h6-12,14H,4-5,13,15H2,1-3H3,(H,26,34). The minimum atomic E-state index is -1.11. The predicted molar refractivity (Wildman–Crippen MR) is 127 cm³/mol. The van der Waals surface area contributed by atoms with Gasteiger partial charge in [0.15, 0.2) is 5.82 Å². The summed E-state index contributed by atoms with van der Waals surface area (Å²) in [6.07, 6.45) is 2.19. The highest BCUT2D eigenvalue weighted by atomic mass is 16.2. The number of fused-ring (bicyclic) bond motifs is 3. The SMILES string of the molecule is CCCCC1(c2ccccc2)NC(=O)N(Cc2nnc3n(C)c(=O)c4cc(C)ccc4n23)C1=O. The molecular formula is C25H26N6O3. The average molecular weight is 459 g/mol. The number of aromatic nitrogens is 4. The van der Waals surface area contributed by atoms with E-state index in [1.165, 1.54) is 9.47 Å². The van der Waals surface area contributed by atoms with E-state index in [2.05, 4.69) is 22.4 Å². The zero-order valence-corrected chi connectivity index (χ0v) is 19.4. The number of unbranched alkanes of at least 4 members (excludes halogenated alkanes) is 1. The number of amides is 3. The number of hydrogen-bond donors (Lipinski definition) is 1. The summed E-state index contributed by atoms with van der Waals surface area (Å²) in [5, 5.41) is 12.0. The lowest BCUT2D eigenvalue weighted by atomic mass is 9.85. The second-order valence-corrected chi connectivity index (χ2v) is 8.83. The van der Waals surface area contributed by atoms with Crippen LogP contribution in [-0.2, 0) is 23.9 Å². The summed E-state index contributed by atoms with van der Waals surface area (Å²) >= 11 is 0. The summed E-state index contributed by atoms with van der Waals surface area (Å²) in [4.78, 5) is 40.9. The van der Waals surface area contributed by atoms with Gasteiger partial charge in [-0.15, -0.1) is 10.2 Å². The minimum Gasteiger partial charge on any atom is -0.319 e. The Hall–Kier alpha value is -4.01. The molecular weight excluding hydrogens is 432 g/mol. The molecule has 1 N–H and O–H groups in total. The molecule has 34 heavy (non-hydrogen) atoms. The second kappa shape index (κ2) is 8.09. The normalized spacial score (nSPS) is 18.3. The summed E-state index contributed by atoms with van der Waals surface area (Å²) in [5.74, 6) is 0.449. The van der Waals surface area contributed by atoms with Gasteiger partial charge in [0.25, 0.3) is 11.5 Å². The number of rotatable bonds is 6. The maximum atomic E-state index is 13.8. The molecule has 2 aromatic carbocycles. The van der Waals surface area contributed by atoms with Gasteiger partial charge in [0, 0.05) is 7.05 Å². The van der Waals surface area contributed by atoms with Gasteiger partial charge >= 0.3 is 6.03 Å². The Kier molecular flexibility index (Phi) is 5.19. The second-order valence-electron chi connectivity index (χ2n) is 8.83. The highest BCUT2D eigenvalue weighted by Gasteiger charge is 2.52. The van der Waals surface area contributed by atoms with Crippen molar-refractivity contribution in [2.45, 2.75) is 45.2 Å². The Balaban J connectivity index is 1.61. The Labute approximate surface area is 196 Å². The third-order valence-corrected chi connectivity index (χ3v) is 6.59. The quantitative estimate of drug-likeness (QED) is 0.448. The third kappa shape index (κ3) is 3.19. The van der Waals surface area contributed by atoms with E-state index >= 15 is 0 Å². The molecule has 1 aliphatic rings. The number of carbonyl (C=O) groups excluding carboxylic acids is 2. The van der Waals surface area contributed by atoms with Gasteiger partial charge in [-0.1, -0.05) is 61.7 Å². The molecule has 1 fully saturated rings. The molecule has 4 aromatic rings. The van der Waals surface area contributed by atoms with E-state index in [-0.39, 0.29) is 18.0 Å². The number of carbonyl (C=O) groups is 2. The Morgan fingerprint density at radius 1 is 1.03 bits per heavy atom. The van der Waals surface area contributed by atoms with Crippen LogP contribution in [0.5, 0.6) is 0 Å². The van der Waals surface area contributed by atoms with Gasteiger partial charge in [-0.3, -0.25) is 23.5 Å². The monoisotopic (exact) mass is 458 g/mol. The molecule has 1 saturated heterocycles. The number of urea groups is 1. The van der Waals surface area contributed by atoms with E-state index in [4.69, 9.17) is 0 Å². The molecule has 0 bridgehead atoms. The highest BCUT2D eigenvalue weighted by Crippen LogP contribution is 2.35. The summed E-state index contributed by atoms with van der Waals surface area (Å²) in [6.45, 7) is 3.91. The van der Waals surface area contributed by atoms with Gasteiger partial charge in [0.2, 0.25) is 5.78 Å². The van der Waals surface area contributed by atoms with Crippen LogP contribution in [-0.4, -0.2) is 36.0 Å². The Morgan fingerprint density at radius 2 is 1.79 bits per heavy atom. The molecule has 3 heterocycles. The van der Waals surface area contributed by atoms with Gasteiger partial charge in [0.1, 0.15) is 5.54 Å². The van der Waals surface area contributed by atoms with Gasteiger partial charge < -0.3 is 5.32 Å². The van der Waals surface area contributed by atoms with Crippen LogP contribution in [0.3, 0.4) is 0 Å². The van der Waals surface area contributed by atoms with Gasteiger partial charge in [-0.25, -0.2) is 4.79 Å². The first-order valence-electron chi connectivity index (χ1n) is 11.4. The van der Waals surface area contributed by atoms with E-state index in [0.29, 0.717) is 28.9 Å². The summed E-state index contributed by atoms with van der Waals surface area (Å²) in [5.41, 5.74) is 1.06. The van der Waals surface area contributed by atoms with E-state index in [9.17, 15) is 14.4 Å². The van der Waals surface area contributed by atoms with Crippen molar-refractivity contribution in [2.75, 3.05) is 0 Å². The zero-order chi connectivity index (χ0) is 24.0. The van der Waals surface area contributed by atoms with Crippen molar-refractivity contribution in [3.05, 3.63) is 75.8 Å². The number of nitrogens with one attached hydrogen (secondary N) is 1. The summed E-state index contributed by atoms with van der Waals surface area (Å²) in [6, 6.07) is 14.5. The molecule has 0 spiro atoms. The van der Waals surface area contributed by atoms with Gasteiger partial charge in [-0.2, -0.15) is 0 Å². The topological polar surface area (TPSA) is 102 Å². The van der Waals surface area contributed by atoms with Crippen molar-refractivity contribution >= 4 is 28.6 Å². The molecule has 2 aromatic heterocycles. The van der Waals surface area contributed by atoms with Crippen LogP contribution in [0.1, 0.15) is 43.1 Å². The Bertz CT molecular complexity index is 1490. The fourth-order valence-electron chi connectivity index (χ4n) is 4.75. The molecule has 3 amide bonds. The van der Waals surface area contributed by atoms with Crippen molar-refractivity contribution in [3.63, 3.8) is 0 Å². The maximum Gasteiger partial charge on any atom is 0.325 e. The van der Waals surface area contributed by atoms with Crippen LogP contribution in [0.4, 0.5) is 4.79 Å². The molecule has 1 unspecified atom stereocenters. The molecule has 1 atom stereocenters. The molecule has 5 rings (SSSR count). The van der Waals surface area contributed by atoms with Crippen molar-refractivity contribution in [2.24, 2.45) is 7.05 Å². The number of aryl methyl sites for hydroxylation is 2. The summed E-state index contributed by atoms with van der Waals surface area (Å²) < 4.78 is 3.17. The molecule has 9 nitrogen and oxygen atoms in total. The largest absolute Gasteiger partial charge is 0.325 e. The number of hydrogen-bond acceptors (Lipinski definition) is 5. The lowest BCUT2D eigenvalue weighted by Crippen LogP contribution is -2.44. The molecule has 1 aliphatic heterocycles. The lowest BCUT2D eigenvalue weighted by molar-refractivity contribution is -0.132. The first kappa shape index (κ1) is 21.8. The first-order valence-corrected chi connectivity index (χ1v) is 11.4. The highest BCUT2D eigenvalue weighted by molar-refractivity contribution is 6.07. The van der Waals surface area contributed by atoms with Gasteiger partial charge in [0.05, 0.1) is 17.4 Å². The van der Waals surface area contributed by atoms with Crippen LogP contribution in [0.2, 0.25) is 0 Å². The smallest absolute Gasteiger partial charge is 0.319 e. The molecule has 0 aliphatic carbocycles. The number of imide groups is 1. The zero-order valence-electron chi connectivity index (χ0n) is 19.4. The van der Waals surface area contributed by atoms with Crippen LogP contribution in [0.25, 0.3) is 16.7 Å². The minimum absolute atomic E-state index is 0.0618. The Morgan fingerprint density at radius 3 is 2.53 bits per heavy atom. The lowest BCUT2D eigenvalue weighted by Gasteiger charge is -2.27. The van der Waals surface area contributed by atoms with Crippen molar-refractivity contribution in [1.29, 1.82) is 0 Å². The first-order chi connectivity index (χ1) is 16.4. The van der Waals surface area contributed by atoms with E-state index in [0.717, 1.165) is 24.0 Å². The van der Waals surface area contributed by atoms with E-state index < -0.39 is 11.6 Å². The van der Waals surface area contributed by atoms with E-state index in [1.807, 2.05) is 55.5 Å². The van der Waals surface area contributed by atoms with Crippen LogP contribution in [0, 0.1) is 6.92 Å².